The second kappa shape index (κ2) is 5.10. The van der Waals surface area contributed by atoms with E-state index in [0.29, 0.717) is 11.9 Å². The summed E-state index contributed by atoms with van der Waals surface area (Å²) < 4.78 is 1.89. The lowest BCUT2D eigenvalue weighted by Gasteiger charge is -2.05. The summed E-state index contributed by atoms with van der Waals surface area (Å²) in [4.78, 5) is 15.2. The van der Waals surface area contributed by atoms with E-state index in [1.165, 1.54) is 0 Å². The van der Waals surface area contributed by atoms with Gasteiger partial charge < -0.3 is 5.11 Å². The van der Waals surface area contributed by atoms with Crippen molar-refractivity contribution in [2.75, 3.05) is 0 Å². The Hall–Kier alpha value is -3.13. The van der Waals surface area contributed by atoms with Gasteiger partial charge in [0.1, 0.15) is 6.33 Å². The van der Waals surface area contributed by atoms with Crippen molar-refractivity contribution in [1.82, 2.24) is 9.55 Å². The number of nitrogens with zero attached hydrogens (tertiary/aromatic N) is 3. The molecule has 5 nitrogen and oxygen atoms in total. The van der Waals surface area contributed by atoms with Gasteiger partial charge >= 0.3 is 5.97 Å². The summed E-state index contributed by atoms with van der Waals surface area (Å²) in [7, 11) is 0. The average molecular weight is 277 g/mol. The predicted molar refractivity (Wildman–Crippen MR) is 77.3 cm³/mol. The summed E-state index contributed by atoms with van der Waals surface area (Å²) in [5.74, 6) is -0.965. The highest BCUT2D eigenvalue weighted by atomic mass is 16.4. The van der Waals surface area contributed by atoms with Crippen LogP contribution in [0.2, 0.25) is 0 Å². The highest BCUT2D eigenvalue weighted by Gasteiger charge is 2.08. The molecule has 1 N–H and O–H groups in total. The van der Waals surface area contributed by atoms with Crippen LogP contribution in [-0.2, 0) is 6.42 Å². The van der Waals surface area contributed by atoms with Gasteiger partial charge in [0.2, 0.25) is 0 Å². The maximum absolute atomic E-state index is 11.0. The van der Waals surface area contributed by atoms with Crippen molar-refractivity contribution < 1.29 is 9.90 Å². The van der Waals surface area contributed by atoms with Crippen LogP contribution in [-0.4, -0.2) is 20.6 Å². The zero-order valence-corrected chi connectivity index (χ0v) is 11.0. The summed E-state index contributed by atoms with van der Waals surface area (Å²) in [6, 6.07) is 14.6. The van der Waals surface area contributed by atoms with Crippen LogP contribution in [0.4, 0.5) is 0 Å². The van der Waals surface area contributed by atoms with Crippen LogP contribution >= 0.6 is 0 Å². The van der Waals surface area contributed by atoms with Crippen molar-refractivity contribution >= 4 is 17.0 Å². The van der Waals surface area contributed by atoms with E-state index in [-0.39, 0.29) is 5.56 Å². The number of hydrogen-bond acceptors (Lipinski definition) is 3. The monoisotopic (exact) mass is 277 g/mol. The van der Waals surface area contributed by atoms with Crippen LogP contribution in [0, 0.1) is 11.3 Å². The van der Waals surface area contributed by atoms with Gasteiger partial charge in [-0.05, 0) is 35.9 Å². The average Bonchev–Trinajstić information content (AvgIpc) is 2.91. The van der Waals surface area contributed by atoms with E-state index in [4.69, 9.17) is 10.4 Å². The maximum Gasteiger partial charge on any atom is 0.335 e. The third kappa shape index (κ3) is 2.35. The molecule has 0 aliphatic carbocycles. The normalized spacial score (nSPS) is 10.4. The van der Waals surface area contributed by atoms with Gasteiger partial charge in [-0.2, -0.15) is 5.26 Å². The second-order valence-electron chi connectivity index (χ2n) is 4.62. The molecule has 2 aromatic carbocycles. The quantitative estimate of drug-likeness (QED) is 0.798. The minimum absolute atomic E-state index is 0.220. The summed E-state index contributed by atoms with van der Waals surface area (Å²) in [5.41, 5.74) is 3.57. The van der Waals surface area contributed by atoms with E-state index in [1.807, 2.05) is 28.8 Å². The Morgan fingerprint density at radius 2 is 2.00 bits per heavy atom. The smallest absolute Gasteiger partial charge is 0.335 e. The van der Waals surface area contributed by atoms with Gasteiger partial charge in [0.05, 0.1) is 29.1 Å². The number of aromatic carboxylic acids is 1. The number of carboxylic acid groups (broad SMARTS) is 1. The minimum atomic E-state index is -0.965. The van der Waals surface area contributed by atoms with Crippen molar-refractivity contribution in [3.8, 4) is 11.8 Å². The van der Waals surface area contributed by atoms with Crippen LogP contribution in [0.25, 0.3) is 16.7 Å². The molecule has 5 heteroatoms. The molecule has 0 fully saturated rings. The molecule has 0 aliphatic heterocycles. The Bertz CT molecular complexity index is 857. The summed E-state index contributed by atoms with van der Waals surface area (Å²) in [5, 5.41) is 17.7. The Kier molecular flexibility index (Phi) is 3.13. The fourth-order valence-corrected chi connectivity index (χ4v) is 2.22. The zero-order chi connectivity index (χ0) is 14.8. The number of rotatable bonds is 3. The molecule has 0 spiro atoms. The molecule has 0 bridgehead atoms. The van der Waals surface area contributed by atoms with Gasteiger partial charge in [-0.15, -0.1) is 0 Å². The molecular weight excluding hydrogens is 266 g/mol. The first-order chi connectivity index (χ1) is 10.2. The molecule has 3 rings (SSSR count). The van der Waals surface area contributed by atoms with Gasteiger partial charge in [-0.3, -0.25) is 4.57 Å². The van der Waals surface area contributed by atoms with E-state index in [9.17, 15) is 4.79 Å². The molecule has 1 aromatic heterocycles. The molecule has 0 amide bonds. The van der Waals surface area contributed by atoms with Crippen molar-refractivity contribution in [2.24, 2.45) is 0 Å². The zero-order valence-electron chi connectivity index (χ0n) is 11.0. The van der Waals surface area contributed by atoms with E-state index in [1.54, 1.807) is 24.5 Å². The van der Waals surface area contributed by atoms with Crippen LogP contribution in [0.1, 0.15) is 15.9 Å². The number of carboxylic acids is 1. The number of hydrogen-bond donors (Lipinski definition) is 1. The topological polar surface area (TPSA) is 78.9 Å². The van der Waals surface area contributed by atoms with Gasteiger partial charge in [-0.25, -0.2) is 9.78 Å². The van der Waals surface area contributed by atoms with E-state index >= 15 is 0 Å². The third-order valence-corrected chi connectivity index (χ3v) is 3.29. The van der Waals surface area contributed by atoms with Crippen LogP contribution in [0.15, 0.2) is 48.8 Å². The molecule has 0 radical (unpaired) electrons. The van der Waals surface area contributed by atoms with Crippen molar-refractivity contribution in [2.45, 2.75) is 6.42 Å². The Morgan fingerprint density at radius 3 is 2.67 bits per heavy atom. The number of aromatic nitrogens is 2. The molecule has 0 unspecified atom stereocenters. The number of nitriles is 1. The molecule has 3 aromatic rings. The lowest BCUT2D eigenvalue weighted by atomic mass is 10.1. The fourth-order valence-electron chi connectivity index (χ4n) is 2.22. The Balaban J connectivity index is 2.04. The third-order valence-electron chi connectivity index (χ3n) is 3.29. The second-order valence-corrected chi connectivity index (χ2v) is 4.62. The highest BCUT2D eigenvalue weighted by molar-refractivity contribution is 5.92. The van der Waals surface area contributed by atoms with E-state index in [0.717, 1.165) is 16.8 Å². The van der Waals surface area contributed by atoms with Gasteiger partial charge in [0, 0.05) is 5.69 Å². The molecule has 0 atom stereocenters. The SMILES string of the molecule is N#CCc1ccc(-n2cnc3cc(C(=O)O)ccc32)cc1. The van der Waals surface area contributed by atoms with Crippen LogP contribution < -0.4 is 0 Å². The standard InChI is InChI=1S/C16H11N3O2/c17-8-7-11-1-4-13(5-2-11)19-10-18-14-9-12(16(20)21)3-6-15(14)19/h1-6,9-10H,7H2,(H,20,21). The van der Waals surface area contributed by atoms with Gasteiger partial charge in [0.15, 0.2) is 0 Å². The number of fused-ring (bicyclic) bond motifs is 1. The lowest BCUT2D eigenvalue weighted by molar-refractivity contribution is 0.0697. The molecule has 102 valence electrons. The lowest BCUT2D eigenvalue weighted by Crippen LogP contribution is -1.96. The number of carbonyl (C=O) groups is 1. The van der Waals surface area contributed by atoms with E-state index < -0.39 is 5.97 Å². The first-order valence-corrected chi connectivity index (χ1v) is 6.36. The Labute approximate surface area is 120 Å². The number of benzene rings is 2. The van der Waals surface area contributed by atoms with Crippen molar-refractivity contribution in [3.63, 3.8) is 0 Å². The summed E-state index contributed by atoms with van der Waals surface area (Å²) >= 11 is 0. The number of imidazole rings is 1. The van der Waals surface area contributed by atoms with Gasteiger partial charge in [-0.1, -0.05) is 12.1 Å². The van der Waals surface area contributed by atoms with Crippen molar-refractivity contribution in [1.29, 1.82) is 5.26 Å². The molecule has 21 heavy (non-hydrogen) atoms. The van der Waals surface area contributed by atoms with Crippen LogP contribution in [0.5, 0.6) is 0 Å². The molecule has 0 saturated carbocycles. The van der Waals surface area contributed by atoms with Crippen molar-refractivity contribution in [3.05, 3.63) is 59.9 Å². The van der Waals surface area contributed by atoms with Gasteiger partial charge in [0.25, 0.3) is 0 Å². The molecule has 0 aliphatic rings. The summed E-state index contributed by atoms with van der Waals surface area (Å²) in [6.45, 7) is 0. The van der Waals surface area contributed by atoms with E-state index in [2.05, 4.69) is 11.1 Å². The molecule has 0 saturated heterocycles. The summed E-state index contributed by atoms with van der Waals surface area (Å²) in [6.07, 6.45) is 2.04. The Morgan fingerprint density at radius 1 is 1.24 bits per heavy atom. The van der Waals surface area contributed by atoms with Crippen LogP contribution in [0.3, 0.4) is 0 Å². The largest absolute Gasteiger partial charge is 0.478 e. The maximum atomic E-state index is 11.0. The minimum Gasteiger partial charge on any atom is -0.478 e. The first-order valence-electron chi connectivity index (χ1n) is 6.36. The fraction of sp³-hybridized carbons (Fsp3) is 0.0625. The molecule has 1 heterocycles. The predicted octanol–water partition coefficient (Wildman–Crippen LogP) is 2.79. The highest BCUT2D eigenvalue weighted by Crippen LogP contribution is 2.20. The first kappa shape index (κ1) is 12.9. The molecular formula is C16H11N3O2.